The first-order valence-electron chi connectivity index (χ1n) is 4.88. The molecule has 0 unspecified atom stereocenters. The average molecular weight is 259 g/mol. The molecule has 0 heterocycles. The van der Waals surface area contributed by atoms with Crippen molar-refractivity contribution in [2.24, 2.45) is 0 Å². The molecule has 0 aliphatic carbocycles. The van der Waals surface area contributed by atoms with Crippen LogP contribution in [0.1, 0.15) is 12.8 Å². The fourth-order valence-corrected chi connectivity index (χ4v) is 1.31. The summed E-state index contributed by atoms with van der Waals surface area (Å²) in [6.45, 7) is 0. The summed E-state index contributed by atoms with van der Waals surface area (Å²) in [6, 6.07) is 3.47. The molecule has 0 aliphatic heterocycles. The lowest BCUT2D eigenvalue weighted by Gasteiger charge is -2.06. The van der Waals surface area contributed by atoms with E-state index in [0.717, 1.165) is 6.07 Å². The van der Waals surface area contributed by atoms with Crippen LogP contribution in [0.2, 0.25) is 0 Å². The summed E-state index contributed by atoms with van der Waals surface area (Å²) >= 11 is 5.43. The average Bonchev–Trinajstić information content (AvgIpc) is 2.28. The number of nitrogens with one attached hydrogen (secondary N) is 1. The van der Waals surface area contributed by atoms with E-state index in [2.05, 4.69) is 5.32 Å². The number of non-ortho nitro benzene ring substituents is 1. The van der Waals surface area contributed by atoms with E-state index in [0.29, 0.717) is 12.3 Å². The Morgan fingerprint density at radius 2 is 2.24 bits per heavy atom. The SMILES string of the molecule is O=C(CCCCl)Nc1ccc([N+](=O)[O-])cc1O. The van der Waals surface area contributed by atoms with Crippen molar-refractivity contribution < 1.29 is 14.8 Å². The fourth-order valence-electron chi connectivity index (χ4n) is 1.18. The highest BCUT2D eigenvalue weighted by atomic mass is 35.5. The number of phenolic OH excluding ortho intramolecular Hbond substituents is 1. The van der Waals surface area contributed by atoms with Crippen molar-refractivity contribution in [2.75, 3.05) is 11.2 Å². The molecule has 0 saturated carbocycles. The van der Waals surface area contributed by atoms with Crippen LogP contribution in [0.4, 0.5) is 11.4 Å². The number of amides is 1. The van der Waals surface area contributed by atoms with Gasteiger partial charge in [0.15, 0.2) is 0 Å². The molecule has 0 aliphatic rings. The van der Waals surface area contributed by atoms with Crippen molar-refractivity contribution in [3.05, 3.63) is 28.3 Å². The number of hydrogen-bond acceptors (Lipinski definition) is 4. The normalized spacial score (nSPS) is 9.94. The predicted octanol–water partition coefficient (Wildman–Crippen LogP) is 2.26. The van der Waals surface area contributed by atoms with Gasteiger partial charge in [-0.25, -0.2) is 0 Å². The smallest absolute Gasteiger partial charge is 0.273 e. The third-order valence-electron chi connectivity index (χ3n) is 2.00. The Morgan fingerprint density at radius 1 is 1.53 bits per heavy atom. The van der Waals surface area contributed by atoms with Gasteiger partial charge in [-0.05, 0) is 12.5 Å². The first-order valence-corrected chi connectivity index (χ1v) is 5.41. The zero-order valence-corrected chi connectivity index (χ0v) is 9.61. The number of benzene rings is 1. The van der Waals surface area contributed by atoms with E-state index in [-0.39, 0.29) is 29.5 Å². The van der Waals surface area contributed by atoms with Gasteiger partial charge in [-0.15, -0.1) is 11.6 Å². The highest BCUT2D eigenvalue weighted by Gasteiger charge is 2.11. The molecule has 1 aromatic carbocycles. The number of alkyl halides is 1. The lowest BCUT2D eigenvalue weighted by Crippen LogP contribution is -2.11. The van der Waals surface area contributed by atoms with E-state index in [4.69, 9.17) is 11.6 Å². The number of halogens is 1. The molecule has 1 aromatic rings. The standard InChI is InChI=1S/C10H11ClN2O4/c11-5-1-2-10(15)12-8-4-3-7(13(16)17)6-9(8)14/h3-4,6,14H,1-2,5H2,(H,12,15). The molecule has 0 saturated heterocycles. The lowest BCUT2D eigenvalue weighted by molar-refractivity contribution is -0.384. The number of rotatable bonds is 5. The predicted molar refractivity (Wildman–Crippen MR) is 63.3 cm³/mol. The van der Waals surface area contributed by atoms with Crippen molar-refractivity contribution in [3.63, 3.8) is 0 Å². The van der Waals surface area contributed by atoms with Crippen LogP contribution in [-0.2, 0) is 4.79 Å². The molecule has 0 bridgehead atoms. The van der Waals surface area contributed by atoms with Gasteiger partial charge in [0.05, 0.1) is 16.7 Å². The van der Waals surface area contributed by atoms with Crippen LogP contribution in [0.15, 0.2) is 18.2 Å². The minimum absolute atomic E-state index is 0.148. The number of nitro groups is 1. The maximum absolute atomic E-state index is 11.3. The van der Waals surface area contributed by atoms with E-state index < -0.39 is 4.92 Å². The Morgan fingerprint density at radius 3 is 2.76 bits per heavy atom. The summed E-state index contributed by atoms with van der Waals surface area (Å²) in [7, 11) is 0. The number of nitro benzene ring substituents is 1. The van der Waals surface area contributed by atoms with Gasteiger partial charge < -0.3 is 10.4 Å². The third-order valence-corrected chi connectivity index (χ3v) is 2.27. The van der Waals surface area contributed by atoms with Gasteiger partial charge >= 0.3 is 0 Å². The molecule has 6 nitrogen and oxygen atoms in total. The maximum atomic E-state index is 11.3. The van der Waals surface area contributed by atoms with Crippen LogP contribution >= 0.6 is 11.6 Å². The number of aromatic hydroxyl groups is 1. The zero-order valence-electron chi connectivity index (χ0n) is 8.85. The van der Waals surface area contributed by atoms with Crippen LogP contribution in [0.3, 0.4) is 0 Å². The first-order chi connectivity index (χ1) is 8.04. The second kappa shape index (κ2) is 6.05. The highest BCUT2D eigenvalue weighted by Crippen LogP contribution is 2.27. The molecule has 0 fully saturated rings. The monoisotopic (exact) mass is 258 g/mol. The van der Waals surface area contributed by atoms with Gasteiger partial charge in [0.25, 0.3) is 5.69 Å². The van der Waals surface area contributed by atoms with Gasteiger partial charge in [0.2, 0.25) is 5.91 Å². The van der Waals surface area contributed by atoms with E-state index in [1.807, 2.05) is 0 Å². The van der Waals surface area contributed by atoms with Crippen molar-refractivity contribution in [1.82, 2.24) is 0 Å². The third kappa shape index (κ3) is 3.92. The molecule has 0 aromatic heterocycles. The zero-order chi connectivity index (χ0) is 12.8. The quantitative estimate of drug-likeness (QED) is 0.367. The number of phenols is 1. The van der Waals surface area contributed by atoms with Crippen molar-refractivity contribution in [3.8, 4) is 5.75 Å². The van der Waals surface area contributed by atoms with Crippen LogP contribution < -0.4 is 5.32 Å². The number of nitrogens with zero attached hydrogens (tertiary/aromatic N) is 1. The van der Waals surface area contributed by atoms with Crippen molar-refractivity contribution >= 4 is 28.9 Å². The van der Waals surface area contributed by atoms with E-state index in [9.17, 15) is 20.0 Å². The molecule has 1 rings (SSSR count). The number of anilines is 1. The molecule has 0 spiro atoms. The van der Waals surface area contributed by atoms with Gasteiger partial charge in [-0.3, -0.25) is 14.9 Å². The van der Waals surface area contributed by atoms with Gasteiger partial charge in [-0.1, -0.05) is 0 Å². The minimum atomic E-state index is -0.626. The number of hydrogen-bond donors (Lipinski definition) is 2. The summed E-state index contributed by atoms with van der Waals surface area (Å²) in [5.74, 6) is -0.257. The molecular weight excluding hydrogens is 248 g/mol. The number of carbonyl (C=O) groups is 1. The summed E-state index contributed by atoms with van der Waals surface area (Å²) in [6.07, 6.45) is 0.765. The van der Waals surface area contributed by atoms with Crippen molar-refractivity contribution in [1.29, 1.82) is 0 Å². The van der Waals surface area contributed by atoms with E-state index >= 15 is 0 Å². The molecule has 0 atom stereocenters. The summed E-state index contributed by atoms with van der Waals surface area (Å²) in [4.78, 5) is 21.1. The summed E-state index contributed by atoms with van der Waals surface area (Å²) in [5, 5.41) is 22.3. The first kappa shape index (κ1) is 13.2. The Bertz CT molecular complexity index is 436. The molecule has 2 N–H and O–H groups in total. The Hall–Kier alpha value is -1.82. The topological polar surface area (TPSA) is 92.5 Å². The van der Waals surface area contributed by atoms with E-state index in [1.165, 1.54) is 12.1 Å². The fraction of sp³-hybridized carbons (Fsp3) is 0.300. The Labute approximate surface area is 102 Å². The van der Waals surface area contributed by atoms with E-state index in [1.54, 1.807) is 0 Å². The molecular formula is C10H11ClN2O4. The van der Waals surface area contributed by atoms with Gasteiger partial charge in [-0.2, -0.15) is 0 Å². The molecule has 92 valence electrons. The Kier molecular flexibility index (Phi) is 4.71. The highest BCUT2D eigenvalue weighted by molar-refractivity contribution is 6.18. The van der Waals surface area contributed by atoms with Gasteiger partial charge in [0.1, 0.15) is 5.75 Å². The Balaban J connectivity index is 2.72. The van der Waals surface area contributed by atoms with Crippen LogP contribution in [0, 0.1) is 10.1 Å². The second-order valence-corrected chi connectivity index (χ2v) is 3.68. The van der Waals surface area contributed by atoms with Crippen LogP contribution in [0.5, 0.6) is 5.75 Å². The molecule has 17 heavy (non-hydrogen) atoms. The molecule has 1 amide bonds. The van der Waals surface area contributed by atoms with Crippen LogP contribution in [-0.4, -0.2) is 21.8 Å². The molecule has 0 radical (unpaired) electrons. The second-order valence-electron chi connectivity index (χ2n) is 3.30. The minimum Gasteiger partial charge on any atom is -0.506 e. The lowest BCUT2D eigenvalue weighted by atomic mass is 10.2. The van der Waals surface area contributed by atoms with Gasteiger partial charge in [0, 0.05) is 18.4 Å². The summed E-state index contributed by atoms with van der Waals surface area (Å²) in [5.41, 5.74) is -0.0866. The molecule has 7 heteroatoms. The largest absolute Gasteiger partial charge is 0.506 e. The maximum Gasteiger partial charge on any atom is 0.273 e. The van der Waals surface area contributed by atoms with Crippen LogP contribution in [0.25, 0.3) is 0 Å². The van der Waals surface area contributed by atoms with Crippen molar-refractivity contribution in [2.45, 2.75) is 12.8 Å². The summed E-state index contributed by atoms with van der Waals surface area (Å²) < 4.78 is 0. The number of carbonyl (C=O) groups excluding carboxylic acids is 1.